The average Bonchev–Trinajstić information content (AvgIpc) is 3.51. The SMILES string of the molecule is CC(C)(C)OC(=O)[C@H](CNC(=O)Cn1c(O)c(CCCNc2nc3ncccc3[nH]2)[nH]c1=O)NC(=O)OCc1ccccc1. The number of aromatic hydroxyl groups is 1. The van der Waals surface area contributed by atoms with Crippen molar-refractivity contribution in [2.24, 2.45) is 0 Å². The maximum Gasteiger partial charge on any atom is 0.408 e. The molecule has 0 bridgehead atoms. The molecule has 0 fully saturated rings. The van der Waals surface area contributed by atoms with Gasteiger partial charge in [0.05, 0.1) is 11.2 Å². The van der Waals surface area contributed by atoms with Crippen molar-refractivity contribution in [1.82, 2.24) is 35.1 Å². The monoisotopic (exact) mass is 608 g/mol. The molecule has 4 rings (SSSR count). The lowest BCUT2D eigenvalue weighted by atomic mass is 10.2. The Morgan fingerprint density at radius 2 is 1.86 bits per heavy atom. The van der Waals surface area contributed by atoms with Crippen LogP contribution < -0.4 is 21.6 Å². The first-order chi connectivity index (χ1) is 21.0. The maximum absolute atomic E-state index is 12.8. The Bertz CT molecular complexity index is 1610. The second kappa shape index (κ2) is 14.2. The first-order valence-electron chi connectivity index (χ1n) is 14.0. The third-order valence-corrected chi connectivity index (χ3v) is 6.18. The van der Waals surface area contributed by atoms with Crippen LogP contribution in [0.2, 0.25) is 0 Å². The van der Waals surface area contributed by atoms with Crippen LogP contribution in [0.25, 0.3) is 11.2 Å². The quantitative estimate of drug-likeness (QED) is 0.0961. The highest BCUT2D eigenvalue weighted by atomic mass is 16.6. The molecular weight excluding hydrogens is 572 g/mol. The minimum atomic E-state index is -1.27. The smallest absolute Gasteiger partial charge is 0.408 e. The number of aromatic nitrogens is 5. The van der Waals surface area contributed by atoms with Crippen molar-refractivity contribution in [2.75, 3.05) is 18.4 Å². The molecule has 15 nitrogen and oxygen atoms in total. The summed E-state index contributed by atoms with van der Waals surface area (Å²) in [5, 5.41) is 18.6. The number of aryl methyl sites for hydroxylation is 1. The summed E-state index contributed by atoms with van der Waals surface area (Å²) >= 11 is 0. The lowest BCUT2D eigenvalue weighted by Gasteiger charge is -2.24. The second-order valence-electron chi connectivity index (χ2n) is 10.9. The highest BCUT2D eigenvalue weighted by molar-refractivity contribution is 5.83. The summed E-state index contributed by atoms with van der Waals surface area (Å²) in [6.07, 6.45) is 1.62. The van der Waals surface area contributed by atoms with Gasteiger partial charge in [-0.25, -0.2) is 19.4 Å². The van der Waals surface area contributed by atoms with Crippen LogP contribution >= 0.6 is 0 Å². The number of nitrogens with one attached hydrogen (secondary N) is 5. The number of hydrogen-bond donors (Lipinski definition) is 6. The van der Waals surface area contributed by atoms with Crippen molar-refractivity contribution >= 4 is 35.1 Å². The predicted octanol–water partition coefficient (Wildman–Crippen LogP) is 1.95. The number of esters is 1. The third-order valence-electron chi connectivity index (χ3n) is 6.18. The van der Waals surface area contributed by atoms with Gasteiger partial charge in [-0.3, -0.25) is 9.36 Å². The van der Waals surface area contributed by atoms with E-state index in [-0.39, 0.29) is 24.7 Å². The van der Waals surface area contributed by atoms with Crippen LogP contribution in [0.4, 0.5) is 10.7 Å². The van der Waals surface area contributed by atoms with Gasteiger partial charge >= 0.3 is 17.8 Å². The van der Waals surface area contributed by atoms with Crippen molar-refractivity contribution < 1.29 is 29.0 Å². The molecule has 1 aromatic carbocycles. The molecule has 234 valence electrons. The molecule has 3 heterocycles. The number of hydrogen-bond acceptors (Lipinski definition) is 10. The number of rotatable bonds is 13. The molecule has 1 atom stereocenters. The van der Waals surface area contributed by atoms with Gasteiger partial charge in [-0.2, -0.15) is 4.98 Å². The molecule has 15 heteroatoms. The summed E-state index contributed by atoms with van der Waals surface area (Å²) in [6.45, 7) is 4.60. The summed E-state index contributed by atoms with van der Waals surface area (Å²) in [5.74, 6) is -1.29. The molecular formula is C29H36N8O7. The summed E-state index contributed by atoms with van der Waals surface area (Å²) in [4.78, 5) is 64.5. The minimum absolute atomic E-state index is 0.0223. The Hall–Kier alpha value is -5.34. The molecule has 0 radical (unpaired) electrons. The van der Waals surface area contributed by atoms with Gasteiger partial charge in [-0.05, 0) is 51.3 Å². The summed E-state index contributed by atoms with van der Waals surface area (Å²) < 4.78 is 11.4. The molecule has 0 unspecified atom stereocenters. The second-order valence-corrected chi connectivity index (χ2v) is 10.9. The van der Waals surface area contributed by atoms with Crippen LogP contribution in [0, 0.1) is 0 Å². The van der Waals surface area contributed by atoms with Crippen LogP contribution in [0.15, 0.2) is 53.5 Å². The van der Waals surface area contributed by atoms with Gasteiger partial charge in [0.25, 0.3) is 0 Å². The zero-order chi connectivity index (χ0) is 31.7. The highest BCUT2D eigenvalue weighted by Crippen LogP contribution is 2.15. The third kappa shape index (κ3) is 9.08. The van der Waals surface area contributed by atoms with Crippen LogP contribution in [-0.2, 0) is 38.6 Å². The van der Waals surface area contributed by atoms with E-state index < -0.39 is 41.8 Å². The van der Waals surface area contributed by atoms with Crippen LogP contribution in [0.3, 0.4) is 0 Å². The average molecular weight is 609 g/mol. The fourth-order valence-corrected chi connectivity index (χ4v) is 4.12. The largest absolute Gasteiger partial charge is 0.493 e. The van der Waals surface area contributed by atoms with E-state index in [1.807, 2.05) is 12.1 Å². The number of H-pyrrole nitrogens is 2. The first-order valence-corrected chi connectivity index (χ1v) is 14.0. The van der Waals surface area contributed by atoms with Gasteiger partial charge in [0, 0.05) is 19.3 Å². The Morgan fingerprint density at radius 3 is 2.59 bits per heavy atom. The van der Waals surface area contributed by atoms with Gasteiger partial charge < -0.3 is 40.5 Å². The zero-order valence-corrected chi connectivity index (χ0v) is 24.7. The van der Waals surface area contributed by atoms with Gasteiger partial charge in [0.15, 0.2) is 5.65 Å². The molecule has 4 aromatic rings. The van der Waals surface area contributed by atoms with Crippen molar-refractivity contribution in [1.29, 1.82) is 0 Å². The molecule has 3 aromatic heterocycles. The van der Waals surface area contributed by atoms with E-state index in [0.29, 0.717) is 31.0 Å². The fourth-order valence-electron chi connectivity index (χ4n) is 4.12. The van der Waals surface area contributed by atoms with Crippen LogP contribution in [0.1, 0.15) is 38.4 Å². The lowest BCUT2D eigenvalue weighted by molar-refractivity contribution is -0.157. The molecule has 44 heavy (non-hydrogen) atoms. The number of benzene rings is 1. The van der Waals surface area contributed by atoms with Gasteiger partial charge in [0.1, 0.15) is 24.8 Å². The number of fused-ring (bicyclic) bond motifs is 1. The molecule has 0 spiro atoms. The molecule has 0 aliphatic heterocycles. The summed E-state index contributed by atoms with van der Waals surface area (Å²) in [7, 11) is 0. The Balaban J connectivity index is 1.28. The predicted molar refractivity (Wildman–Crippen MR) is 160 cm³/mol. The van der Waals surface area contributed by atoms with Crippen molar-refractivity contribution in [3.05, 3.63) is 70.4 Å². The van der Waals surface area contributed by atoms with E-state index in [2.05, 4.69) is 35.9 Å². The van der Waals surface area contributed by atoms with E-state index >= 15 is 0 Å². The topological polar surface area (TPSA) is 205 Å². The highest BCUT2D eigenvalue weighted by Gasteiger charge is 2.28. The summed E-state index contributed by atoms with van der Waals surface area (Å²) in [5.41, 5.74) is 0.877. The number of alkyl carbamates (subject to hydrolysis) is 1. The van der Waals surface area contributed by atoms with Crippen LogP contribution in [-0.4, -0.2) is 72.3 Å². The van der Waals surface area contributed by atoms with Crippen molar-refractivity contribution in [3.63, 3.8) is 0 Å². The zero-order valence-electron chi connectivity index (χ0n) is 24.7. The molecule has 0 aliphatic carbocycles. The van der Waals surface area contributed by atoms with E-state index in [1.54, 1.807) is 57.3 Å². The number of anilines is 1. The molecule has 0 saturated carbocycles. The number of pyridine rings is 1. The minimum Gasteiger partial charge on any atom is -0.493 e. The van der Waals surface area contributed by atoms with E-state index in [4.69, 9.17) is 9.47 Å². The van der Waals surface area contributed by atoms with Crippen molar-refractivity contribution in [3.8, 4) is 5.88 Å². The number of imidazole rings is 2. The molecule has 6 N–H and O–H groups in total. The van der Waals surface area contributed by atoms with Crippen LogP contribution in [0.5, 0.6) is 5.88 Å². The maximum atomic E-state index is 12.8. The lowest BCUT2D eigenvalue weighted by Crippen LogP contribution is -2.51. The molecule has 0 saturated heterocycles. The van der Waals surface area contributed by atoms with E-state index in [0.717, 1.165) is 15.6 Å². The molecule has 2 amide bonds. The fraction of sp³-hybridized carbons (Fsp3) is 0.379. The number of carbonyl (C=O) groups excluding carboxylic acids is 3. The van der Waals surface area contributed by atoms with Gasteiger partial charge in [-0.1, -0.05) is 30.3 Å². The number of ether oxygens (including phenoxy) is 2. The van der Waals surface area contributed by atoms with E-state index in [9.17, 15) is 24.3 Å². The Morgan fingerprint density at radius 1 is 1.09 bits per heavy atom. The summed E-state index contributed by atoms with van der Waals surface area (Å²) in [6, 6.07) is 11.4. The number of carbonyl (C=O) groups is 3. The van der Waals surface area contributed by atoms with E-state index in [1.165, 1.54) is 0 Å². The Labute approximate surface area is 252 Å². The Kier molecular flexibility index (Phi) is 10.2. The number of nitrogens with zero attached hydrogens (tertiary/aromatic N) is 3. The number of amides is 2. The first kappa shape index (κ1) is 31.6. The van der Waals surface area contributed by atoms with Gasteiger partial charge in [0.2, 0.25) is 17.7 Å². The standard InChI is InChI=1S/C29H36N8O7/c1-29(2,3)44-25(40)21(35-28(42)43-17-18-9-5-4-6-10-18)15-32-22(38)16-37-24(39)20(34-27(37)41)12-8-14-31-26-33-19-11-7-13-30-23(19)36-26/h4-7,9-11,13,21,39H,8,12,14-17H2,1-3H3,(H,32,38)(H,34,41)(H,35,42)(H2,30,31,33,36)/t21-/m0/s1. The normalized spacial score (nSPS) is 12.0. The molecule has 0 aliphatic rings. The van der Waals surface area contributed by atoms with Gasteiger partial charge in [-0.15, -0.1) is 0 Å². The van der Waals surface area contributed by atoms with Crippen molar-refractivity contribution in [2.45, 2.75) is 58.4 Å². The number of aromatic amines is 2.